The molecule has 4 aliphatic rings. The van der Waals surface area contributed by atoms with Gasteiger partial charge in [-0.05, 0) is 44.7 Å². The van der Waals surface area contributed by atoms with Crippen LogP contribution in [-0.2, 0) is 15.1 Å². The van der Waals surface area contributed by atoms with E-state index < -0.39 is 5.54 Å². The number of amides is 2. The van der Waals surface area contributed by atoms with E-state index in [9.17, 15) is 9.59 Å². The zero-order valence-electron chi connectivity index (χ0n) is 13.8. The number of fused-ring (bicyclic) bond motifs is 4. The van der Waals surface area contributed by atoms with Crippen molar-refractivity contribution < 1.29 is 9.59 Å². The van der Waals surface area contributed by atoms with Gasteiger partial charge in [0.1, 0.15) is 5.54 Å². The molecule has 24 heavy (non-hydrogen) atoms. The Morgan fingerprint density at radius 3 is 2.75 bits per heavy atom. The number of benzene rings is 1. The maximum Gasteiger partial charge on any atom is 0.250 e. The van der Waals surface area contributed by atoms with E-state index in [-0.39, 0.29) is 17.7 Å². The van der Waals surface area contributed by atoms with E-state index in [1.807, 2.05) is 29.2 Å². The number of nitrogens with zero attached hydrogens (tertiary/aromatic N) is 2. The Kier molecular flexibility index (Phi) is 3.05. The van der Waals surface area contributed by atoms with Crippen molar-refractivity contribution in [3.05, 3.63) is 29.8 Å². The molecule has 5 rings (SSSR count). The molecular weight excluding hydrogens is 302 g/mol. The second-order valence-corrected chi connectivity index (χ2v) is 7.58. The molecule has 3 fully saturated rings. The summed E-state index contributed by atoms with van der Waals surface area (Å²) in [4.78, 5) is 30.8. The molecule has 2 amide bonds. The Morgan fingerprint density at radius 2 is 1.92 bits per heavy atom. The van der Waals surface area contributed by atoms with Crippen molar-refractivity contribution in [2.45, 2.75) is 43.7 Å². The first-order valence-electron chi connectivity index (χ1n) is 9.19. The molecule has 3 saturated heterocycles. The molecule has 0 radical (unpaired) electrons. The molecule has 1 N–H and O–H groups in total. The predicted octanol–water partition coefficient (Wildman–Crippen LogP) is 1.94. The Labute approximate surface area is 142 Å². The SMILES string of the molecule is O=C([C@H]1C[C@H]2CCCN2[C@]12C(=O)Nc1ccccc12)N1CCCC1. The Hall–Kier alpha value is -1.88. The van der Waals surface area contributed by atoms with Gasteiger partial charge in [-0.1, -0.05) is 18.2 Å². The van der Waals surface area contributed by atoms with Gasteiger partial charge in [0, 0.05) is 30.4 Å². The second-order valence-electron chi connectivity index (χ2n) is 7.58. The lowest BCUT2D eigenvalue weighted by Gasteiger charge is -2.37. The number of anilines is 1. The molecule has 1 aromatic rings. The van der Waals surface area contributed by atoms with E-state index in [1.165, 1.54) is 0 Å². The van der Waals surface area contributed by atoms with Gasteiger partial charge in [-0.25, -0.2) is 0 Å². The number of carbonyl (C=O) groups excluding carboxylic acids is 2. The van der Waals surface area contributed by atoms with Crippen LogP contribution in [0.25, 0.3) is 0 Å². The van der Waals surface area contributed by atoms with E-state index in [2.05, 4.69) is 10.2 Å². The molecule has 0 aromatic heterocycles. The van der Waals surface area contributed by atoms with E-state index in [0.29, 0.717) is 6.04 Å². The third-order valence-corrected chi connectivity index (χ3v) is 6.49. The second kappa shape index (κ2) is 5.06. The highest BCUT2D eigenvalue weighted by atomic mass is 16.2. The van der Waals surface area contributed by atoms with E-state index in [0.717, 1.165) is 63.0 Å². The van der Waals surface area contributed by atoms with Crippen molar-refractivity contribution in [2.75, 3.05) is 25.0 Å². The van der Waals surface area contributed by atoms with E-state index >= 15 is 0 Å². The summed E-state index contributed by atoms with van der Waals surface area (Å²) < 4.78 is 0. The molecule has 5 heteroatoms. The van der Waals surface area contributed by atoms with Crippen molar-refractivity contribution in [2.24, 2.45) is 5.92 Å². The molecule has 0 bridgehead atoms. The third-order valence-electron chi connectivity index (χ3n) is 6.49. The van der Waals surface area contributed by atoms with Crippen molar-refractivity contribution in [1.29, 1.82) is 0 Å². The van der Waals surface area contributed by atoms with Gasteiger partial charge in [-0.2, -0.15) is 0 Å². The zero-order valence-corrected chi connectivity index (χ0v) is 13.8. The highest BCUT2D eigenvalue weighted by Crippen LogP contribution is 2.55. The molecule has 3 atom stereocenters. The first-order valence-corrected chi connectivity index (χ1v) is 9.19. The first-order chi connectivity index (χ1) is 11.7. The number of hydrogen-bond donors (Lipinski definition) is 1. The Balaban J connectivity index is 1.64. The number of nitrogens with one attached hydrogen (secondary N) is 1. The quantitative estimate of drug-likeness (QED) is 0.858. The van der Waals surface area contributed by atoms with Crippen LogP contribution in [0.2, 0.25) is 0 Å². The molecule has 0 aliphatic carbocycles. The van der Waals surface area contributed by atoms with Gasteiger partial charge in [0.15, 0.2) is 0 Å². The van der Waals surface area contributed by atoms with Crippen molar-refractivity contribution >= 4 is 17.5 Å². The summed E-state index contributed by atoms with van der Waals surface area (Å²) >= 11 is 0. The van der Waals surface area contributed by atoms with Crippen molar-refractivity contribution in [3.8, 4) is 0 Å². The first kappa shape index (κ1) is 14.5. The molecule has 4 heterocycles. The molecular formula is C19H23N3O2. The summed E-state index contributed by atoms with van der Waals surface area (Å²) in [5.41, 5.74) is 1.11. The van der Waals surface area contributed by atoms with Crippen LogP contribution in [-0.4, -0.2) is 47.3 Å². The number of carbonyl (C=O) groups is 2. The fourth-order valence-corrected chi connectivity index (χ4v) is 5.52. The standard InChI is InChI=1S/C19H23N3O2/c23-17(21-9-3-4-10-21)15-12-13-6-5-11-22(13)19(15)14-7-1-2-8-16(14)20-18(19)24/h1-2,7-8,13,15H,3-6,9-12H2,(H,20,24)/t13-,15-,19+/m1/s1. The van der Waals surface area contributed by atoms with Crippen LogP contribution in [0.5, 0.6) is 0 Å². The average molecular weight is 325 g/mol. The lowest BCUT2D eigenvalue weighted by Crippen LogP contribution is -2.54. The number of para-hydroxylation sites is 1. The largest absolute Gasteiger partial charge is 0.342 e. The van der Waals surface area contributed by atoms with Gasteiger partial charge < -0.3 is 10.2 Å². The Morgan fingerprint density at radius 1 is 1.12 bits per heavy atom. The maximum atomic E-state index is 13.3. The average Bonchev–Trinajstić information content (AvgIpc) is 3.34. The number of rotatable bonds is 1. The fourth-order valence-electron chi connectivity index (χ4n) is 5.52. The number of likely N-dealkylation sites (tertiary alicyclic amines) is 1. The van der Waals surface area contributed by atoms with Crippen molar-refractivity contribution in [3.63, 3.8) is 0 Å². The van der Waals surface area contributed by atoms with Crippen LogP contribution < -0.4 is 5.32 Å². The van der Waals surface area contributed by atoms with Gasteiger partial charge in [0.2, 0.25) is 11.8 Å². The highest BCUT2D eigenvalue weighted by Gasteiger charge is 2.65. The third kappa shape index (κ3) is 1.68. The smallest absolute Gasteiger partial charge is 0.250 e. The highest BCUT2D eigenvalue weighted by molar-refractivity contribution is 6.09. The predicted molar refractivity (Wildman–Crippen MR) is 90.4 cm³/mol. The topological polar surface area (TPSA) is 52.7 Å². The van der Waals surface area contributed by atoms with Gasteiger partial charge in [0.25, 0.3) is 0 Å². The van der Waals surface area contributed by atoms with Crippen LogP contribution in [0, 0.1) is 5.92 Å². The van der Waals surface area contributed by atoms with Gasteiger partial charge >= 0.3 is 0 Å². The minimum atomic E-state index is -0.780. The summed E-state index contributed by atoms with van der Waals surface area (Å²) in [6.45, 7) is 2.61. The number of hydrogen-bond acceptors (Lipinski definition) is 3. The van der Waals surface area contributed by atoms with Crippen LogP contribution in [0.3, 0.4) is 0 Å². The summed E-state index contributed by atoms with van der Waals surface area (Å²) in [5.74, 6) is -0.0519. The normalized spacial score (nSPS) is 34.7. The molecule has 1 spiro atoms. The molecule has 126 valence electrons. The molecule has 1 aromatic carbocycles. The monoisotopic (exact) mass is 325 g/mol. The van der Waals surface area contributed by atoms with Gasteiger partial charge in [-0.3, -0.25) is 14.5 Å². The van der Waals surface area contributed by atoms with Crippen molar-refractivity contribution in [1.82, 2.24) is 9.80 Å². The lowest BCUT2D eigenvalue weighted by atomic mass is 9.78. The summed E-state index contributed by atoms with van der Waals surface area (Å²) in [5, 5.41) is 3.07. The van der Waals surface area contributed by atoms with Crippen LogP contribution in [0.1, 0.15) is 37.7 Å². The maximum absolute atomic E-state index is 13.3. The van der Waals surface area contributed by atoms with E-state index in [4.69, 9.17) is 0 Å². The van der Waals surface area contributed by atoms with Gasteiger partial charge in [-0.15, -0.1) is 0 Å². The molecule has 5 nitrogen and oxygen atoms in total. The minimum absolute atomic E-state index is 0.00523. The zero-order chi connectivity index (χ0) is 16.3. The Bertz CT molecular complexity index is 712. The summed E-state index contributed by atoms with van der Waals surface area (Å²) in [6.07, 6.45) is 5.20. The molecule has 0 saturated carbocycles. The van der Waals surface area contributed by atoms with Crippen LogP contribution in [0.15, 0.2) is 24.3 Å². The minimum Gasteiger partial charge on any atom is -0.342 e. The summed E-state index contributed by atoms with van der Waals surface area (Å²) in [6, 6.07) is 8.30. The van der Waals surface area contributed by atoms with Gasteiger partial charge in [0.05, 0.1) is 5.92 Å². The molecule has 0 unspecified atom stereocenters. The van der Waals surface area contributed by atoms with Crippen LogP contribution >= 0.6 is 0 Å². The van der Waals surface area contributed by atoms with Crippen LogP contribution in [0.4, 0.5) is 5.69 Å². The van der Waals surface area contributed by atoms with E-state index in [1.54, 1.807) is 0 Å². The lowest BCUT2D eigenvalue weighted by molar-refractivity contribution is -0.143. The summed E-state index contributed by atoms with van der Waals surface area (Å²) in [7, 11) is 0. The molecule has 4 aliphatic heterocycles. The fraction of sp³-hybridized carbons (Fsp3) is 0.579.